The Morgan fingerprint density at radius 1 is 0.283 bits per heavy atom. The summed E-state index contributed by atoms with van der Waals surface area (Å²) >= 11 is 0. The monoisotopic (exact) mass is 584 g/mol. The molecule has 2 nitrogen and oxygen atoms in total. The van der Waals surface area contributed by atoms with Crippen LogP contribution in [0.2, 0.25) is 0 Å². The molecule has 10 aromatic rings. The number of hydrogen-bond donors (Lipinski definition) is 0. The van der Waals surface area contributed by atoms with Crippen LogP contribution in [0, 0.1) is 0 Å². The van der Waals surface area contributed by atoms with E-state index in [1.54, 1.807) is 0 Å². The van der Waals surface area contributed by atoms with Gasteiger partial charge in [0.05, 0.1) is 32.7 Å². The lowest BCUT2D eigenvalue weighted by atomic mass is 9.88. The van der Waals surface area contributed by atoms with Crippen molar-refractivity contribution in [2.45, 2.75) is 0 Å². The molecule has 0 radical (unpaired) electrons. The summed E-state index contributed by atoms with van der Waals surface area (Å²) in [6.45, 7) is 0. The van der Waals surface area contributed by atoms with Gasteiger partial charge in [0.25, 0.3) is 0 Å². The molecule has 2 aromatic heterocycles. The van der Waals surface area contributed by atoms with E-state index in [0.29, 0.717) is 0 Å². The van der Waals surface area contributed by atoms with Crippen molar-refractivity contribution >= 4 is 54.4 Å². The topological polar surface area (TPSA) is 7.76 Å². The molecule has 212 valence electrons. The number of benzene rings is 8. The highest BCUT2D eigenvalue weighted by atomic mass is 15.0. The number of hydrogen-bond acceptors (Lipinski definition) is 0. The molecule has 0 N–H and O–H groups in total. The SMILES string of the molecule is c1ccc(-c2ccc3ccc4c5c6c7c(ccc(-c8ccccc8)c7[n+]4-c4ccccc4)ccc6[n+](-c4ccccc4)c2c35)cc1. The summed E-state index contributed by atoms with van der Waals surface area (Å²) in [4.78, 5) is 0. The van der Waals surface area contributed by atoms with E-state index in [2.05, 4.69) is 179 Å². The van der Waals surface area contributed by atoms with E-state index in [9.17, 15) is 0 Å². The van der Waals surface area contributed by atoms with Crippen LogP contribution in [-0.4, -0.2) is 0 Å². The minimum Gasteiger partial charge on any atom is -0.152 e. The van der Waals surface area contributed by atoms with Crippen LogP contribution in [0.4, 0.5) is 0 Å². The van der Waals surface area contributed by atoms with Gasteiger partial charge in [-0.15, -0.1) is 0 Å². The van der Waals surface area contributed by atoms with Crippen LogP contribution in [0.5, 0.6) is 0 Å². The minimum absolute atomic E-state index is 1.16. The Balaban J connectivity index is 1.54. The molecule has 2 heterocycles. The van der Waals surface area contributed by atoms with Crippen LogP contribution >= 0.6 is 0 Å². The van der Waals surface area contributed by atoms with Crippen LogP contribution in [0.3, 0.4) is 0 Å². The van der Waals surface area contributed by atoms with Gasteiger partial charge in [0, 0.05) is 36.4 Å². The average molecular weight is 585 g/mol. The van der Waals surface area contributed by atoms with Gasteiger partial charge in [-0.05, 0) is 46.2 Å². The third-order valence-electron chi connectivity index (χ3n) is 9.65. The maximum absolute atomic E-state index is 2.51. The number of para-hydroxylation sites is 2. The van der Waals surface area contributed by atoms with Crippen LogP contribution < -0.4 is 9.13 Å². The fourth-order valence-corrected chi connectivity index (χ4v) is 7.75. The smallest absolute Gasteiger partial charge is 0.152 e. The first kappa shape index (κ1) is 25.2. The van der Waals surface area contributed by atoms with Gasteiger partial charge in [-0.1, -0.05) is 109 Å². The molecule has 0 saturated carbocycles. The van der Waals surface area contributed by atoms with Gasteiger partial charge >= 0.3 is 0 Å². The molecule has 0 amide bonds. The lowest BCUT2D eigenvalue weighted by Gasteiger charge is -2.18. The Morgan fingerprint density at radius 2 is 0.630 bits per heavy atom. The molecule has 8 aromatic carbocycles. The summed E-state index contributed by atoms with van der Waals surface area (Å²) in [6.07, 6.45) is 0. The van der Waals surface area contributed by atoms with Crippen molar-refractivity contribution in [1.82, 2.24) is 0 Å². The van der Waals surface area contributed by atoms with Crippen molar-refractivity contribution < 1.29 is 9.13 Å². The van der Waals surface area contributed by atoms with Gasteiger partial charge in [0.15, 0.2) is 0 Å². The van der Waals surface area contributed by atoms with Gasteiger partial charge in [-0.2, -0.15) is 9.13 Å². The molecule has 0 unspecified atom stereocenters. The zero-order valence-electron chi connectivity index (χ0n) is 25.1. The minimum atomic E-state index is 1.16. The molecular formula is C44H28N2+2. The van der Waals surface area contributed by atoms with E-state index in [1.165, 1.54) is 76.6 Å². The molecule has 10 rings (SSSR count). The number of aromatic nitrogens is 2. The standard InChI is InChI=1S/C44H28N2/c1-5-13-29(14-6-1)35-25-21-31-23-28-38-41-39(31)43(35)45(33-17-9-3-10-18-33)37-27-24-32-22-26-36(30-15-7-2-8-16-30)44(40(32)42(37)41)46(38)34-19-11-4-12-20-34/h1-28H/q+2. The van der Waals surface area contributed by atoms with Crippen molar-refractivity contribution in [3.8, 4) is 33.6 Å². The summed E-state index contributed by atoms with van der Waals surface area (Å²) in [5.41, 5.74) is 12.1. The molecule has 0 saturated heterocycles. The van der Waals surface area contributed by atoms with Crippen LogP contribution in [0.1, 0.15) is 0 Å². The summed E-state index contributed by atoms with van der Waals surface area (Å²) in [6, 6.07) is 61.9. The summed E-state index contributed by atoms with van der Waals surface area (Å²) in [5.74, 6) is 0. The molecule has 0 bridgehead atoms. The lowest BCUT2D eigenvalue weighted by Crippen LogP contribution is -2.37. The average Bonchev–Trinajstić information content (AvgIpc) is 3.14. The molecule has 0 atom stereocenters. The second-order valence-corrected chi connectivity index (χ2v) is 12.1. The van der Waals surface area contributed by atoms with Gasteiger partial charge in [0.1, 0.15) is 0 Å². The van der Waals surface area contributed by atoms with E-state index in [-0.39, 0.29) is 0 Å². The van der Waals surface area contributed by atoms with E-state index in [1.807, 2.05) is 0 Å². The van der Waals surface area contributed by atoms with E-state index < -0.39 is 0 Å². The zero-order chi connectivity index (χ0) is 30.2. The zero-order valence-corrected chi connectivity index (χ0v) is 25.1. The van der Waals surface area contributed by atoms with Crippen molar-refractivity contribution in [3.05, 3.63) is 170 Å². The van der Waals surface area contributed by atoms with Crippen LogP contribution in [0.15, 0.2) is 170 Å². The molecular weight excluding hydrogens is 556 g/mol. The first-order valence-electron chi connectivity index (χ1n) is 15.9. The normalized spacial score (nSPS) is 11.9. The fourth-order valence-electron chi connectivity index (χ4n) is 7.75. The molecule has 0 spiro atoms. The fraction of sp³-hybridized carbons (Fsp3) is 0. The van der Waals surface area contributed by atoms with Gasteiger partial charge in [-0.3, -0.25) is 0 Å². The highest BCUT2D eigenvalue weighted by Gasteiger charge is 2.34. The summed E-state index contributed by atoms with van der Waals surface area (Å²) in [7, 11) is 0. The molecule has 0 aliphatic carbocycles. The Hall–Kier alpha value is -6.12. The number of nitrogens with zero attached hydrogens (tertiary/aromatic N) is 2. The largest absolute Gasteiger partial charge is 0.228 e. The summed E-state index contributed by atoms with van der Waals surface area (Å²) in [5, 5.41) is 7.68. The Kier molecular flexibility index (Phi) is 5.31. The van der Waals surface area contributed by atoms with E-state index in [0.717, 1.165) is 11.4 Å². The van der Waals surface area contributed by atoms with Gasteiger partial charge in [-0.25, -0.2) is 0 Å². The number of pyridine rings is 2. The molecule has 2 heteroatoms. The van der Waals surface area contributed by atoms with Gasteiger partial charge < -0.3 is 0 Å². The first-order valence-corrected chi connectivity index (χ1v) is 15.9. The predicted molar refractivity (Wildman–Crippen MR) is 190 cm³/mol. The quantitative estimate of drug-likeness (QED) is 0.110. The number of rotatable bonds is 4. The van der Waals surface area contributed by atoms with Crippen molar-refractivity contribution in [2.24, 2.45) is 0 Å². The molecule has 0 aliphatic rings. The van der Waals surface area contributed by atoms with E-state index in [4.69, 9.17) is 0 Å². The van der Waals surface area contributed by atoms with Crippen LogP contribution in [-0.2, 0) is 0 Å². The second-order valence-electron chi connectivity index (χ2n) is 12.1. The van der Waals surface area contributed by atoms with Crippen molar-refractivity contribution in [3.63, 3.8) is 0 Å². The maximum atomic E-state index is 2.51. The summed E-state index contributed by atoms with van der Waals surface area (Å²) < 4.78 is 5.01. The van der Waals surface area contributed by atoms with Crippen molar-refractivity contribution in [1.29, 1.82) is 0 Å². The Labute approximate surface area is 266 Å². The molecule has 0 fully saturated rings. The third kappa shape index (κ3) is 3.47. The second kappa shape index (κ2) is 9.69. The highest BCUT2D eigenvalue weighted by molar-refractivity contribution is 6.33. The lowest BCUT2D eigenvalue weighted by molar-refractivity contribution is -0.539. The first-order chi connectivity index (χ1) is 22.9. The molecule has 46 heavy (non-hydrogen) atoms. The Morgan fingerprint density at radius 3 is 1.02 bits per heavy atom. The predicted octanol–water partition coefficient (Wildman–Crippen LogP) is 10.2. The van der Waals surface area contributed by atoms with Crippen LogP contribution in [0.25, 0.3) is 88.0 Å². The van der Waals surface area contributed by atoms with E-state index >= 15 is 0 Å². The molecule has 0 aliphatic heterocycles. The van der Waals surface area contributed by atoms with Gasteiger partial charge in [0.2, 0.25) is 33.4 Å². The Bertz CT molecular complexity index is 2510. The highest BCUT2D eigenvalue weighted by Crippen LogP contribution is 2.45. The van der Waals surface area contributed by atoms with Crippen molar-refractivity contribution in [2.75, 3.05) is 0 Å². The third-order valence-corrected chi connectivity index (χ3v) is 9.65. The maximum Gasteiger partial charge on any atom is 0.228 e.